The monoisotopic (exact) mass is 248 g/mol. The number of methoxy groups -OCH3 is 1. The number of anilines is 1. The van der Waals surface area contributed by atoms with E-state index in [0.717, 1.165) is 32.8 Å². The van der Waals surface area contributed by atoms with Crippen LogP contribution in [0, 0.1) is 5.92 Å². The number of nitrogens with one attached hydrogen (secondary N) is 1. The average Bonchev–Trinajstić information content (AvgIpc) is 2.86. The van der Waals surface area contributed by atoms with Crippen LogP contribution in [0.3, 0.4) is 0 Å². The molecule has 1 aromatic carbocycles. The molecule has 100 valence electrons. The van der Waals surface area contributed by atoms with Crippen molar-refractivity contribution in [2.75, 3.05) is 38.3 Å². The molecule has 1 aliphatic rings. The number of hydrogen-bond donors (Lipinski definition) is 1. The number of rotatable bonds is 6. The largest absolute Gasteiger partial charge is 0.384 e. The van der Waals surface area contributed by atoms with Crippen LogP contribution in [0.15, 0.2) is 24.3 Å². The van der Waals surface area contributed by atoms with Gasteiger partial charge in [0.05, 0.1) is 6.61 Å². The van der Waals surface area contributed by atoms with E-state index in [-0.39, 0.29) is 0 Å². The van der Waals surface area contributed by atoms with E-state index in [1.54, 1.807) is 7.11 Å². The van der Waals surface area contributed by atoms with Crippen LogP contribution >= 0.6 is 0 Å². The minimum atomic E-state index is 0.691. The Morgan fingerprint density at radius 1 is 1.33 bits per heavy atom. The predicted octanol–water partition coefficient (Wildman–Crippen LogP) is 2.27. The van der Waals surface area contributed by atoms with Crippen molar-refractivity contribution in [2.45, 2.75) is 19.9 Å². The Morgan fingerprint density at radius 3 is 2.78 bits per heavy atom. The summed E-state index contributed by atoms with van der Waals surface area (Å²) in [6.45, 7) is 7.28. The Balaban J connectivity index is 1.90. The second-order valence-corrected chi connectivity index (χ2v) is 5.00. The van der Waals surface area contributed by atoms with Crippen molar-refractivity contribution in [3.63, 3.8) is 0 Å². The zero-order valence-electron chi connectivity index (χ0n) is 11.5. The standard InChI is InChI=1S/C15H24N2O/c1-3-16-10-13-4-6-15(7-5-13)17-9-8-14(11-17)12-18-2/h4-7,14,16H,3,8-12H2,1-2H3. The molecule has 18 heavy (non-hydrogen) atoms. The fourth-order valence-corrected chi connectivity index (χ4v) is 2.53. The van der Waals surface area contributed by atoms with E-state index in [1.807, 2.05) is 0 Å². The minimum absolute atomic E-state index is 0.691. The van der Waals surface area contributed by atoms with Crippen molar-refractivity contribution in [1.29, 1.82) is 0 Å². The smallest absolute Gasteiger partial charge is 0.0508 e. The molecule has 3 heteroatoms. The van der Waals surface area contributed by atoms with Crippen LogP contribution in [-0.2, 0) is 11.3 Å². The summed E-state index contributed by atoms with van der Waals surface area (Å²) >= 11 is 0. The first-order valence-electron chi connectivity index (χ1n) is 6.87. The highest BCUT2D eigenvalue weighted by Gasteiger charge is 2.22. The van der Waals surface area contributed by atoms with Crippen LogP contribution in [-0.4, -0.2) is 33.4 Å². The predicted molar refractivity (Wildman–Crippen MR) is 76.0 cm³/mol. The molecule has 1 unspecified atom stereocenters. The third-order valence-electron chi connectivity index (χ3n) is 3.57. The van der Waals surface area contributed by atoms with E-state index < -0.39 is 0 Å². The summed E-state index contributed by atoms with van der Waals surface area (Å²) in [5.74, 6) is 0.691. The van der Waals surface area contributed by atoms with Gasteiger partial charge >= 0.3 is 0 Å². The summed E-state index contributed by atoms with van der Waals surface area (Å²) in [4.78, 5) is 2.46. The summed E-state index contributed by atoms with van der Waals surface area (Å²) in [5, 5.41) is 3.35. The lowest BCUT2D eigenvalue weighted by molar-refractivity contribution is 0.161. The third-order valence-corrected chi connectivity index (χ3v) is 3.57. The molecule has 1 N–H and O–H groups in total. The highest BCUT2D eigenvalue weighted by atomic mass is 16.5. The molecule has 1 aromatic rings. The van der Waals surface area contributed by atoms with Gasteiger partial charge in [0, 0.05) is 38.3 Å². The molecule has 1 aliphatic heterocycles. The summed E-state index contributed by atoms with van der Waals surface area (Å²) in [6, 6.07) is 8.92. The van der Waals surface area contributed by atoms with Crippen LogP contribution in [0.2, 0.25) is 0 Å². The zero-order valence-corrected chi connectivity index (χ0v) is 11.5. The van der Waals surface area contributed by atoms with E-state index in [2.05, 4.69) is 41.4 Å². The summed E-state index contributed by atoms with van der Waals surface area (Å²) < 4.78 is 5.24. The highest BCUT2D eigenvalue weighted by Crippen LogP contribution is 2.24. The van der Waals surface area contributed by atoms with Gasteiger partial charge in [0.2, 0.25) is 0 Å². The molecule has 1 fully saturated rings. The van der Waals surface area contributed by atoms with Crippen LogP contribution in [0.1, 0.15) is 18.9 Å². The maximum atomic E-state index is 5.24. The maximum absolute atomic E-state index is 5.24. The molecule has 2 rings (SSSR count). The molecule has 0 radical (unpaired) electrons. The van der Waals surface area contributed by atoms with Gasteiger partial charge in [0.1, 0.15) is 0 Å². The van der Waals surface area contributed by atoms with E-state index in [9.17, 15) is 0 Å². The van der Waals surface area contributed by atoms with Crippen LogP contribution in [0.25, 0.3) is 0 Å². The molecule has 1 saturated heterocycles. The van der Waals surface area contributed by atoms with E-state index in [1.165, 1.54) is 17.7 Å². The summed E-state index contributed by atoms with van der Waals surface area (Å²) in [6.07, 6.45) is 1.24. The lowest BCUT2D eigenvalue weighted by atomic mass is 10.1. The molecule has 0 bridgehead atoms. The van der Waals surface area contributed by atoms with Crippen molar-refractivity contribution < 1.29 is 4.74 Å². The molecular formula is C15H24N2O. The van der Waals surface area contributed by atoms with Crippen molar-refractivity contribution >= 4 is 5.69 Å². The van der Waals surface area contributed by atoms with Crippen molar-refractivity contribution in [2.24, 2.45) is 5.92 Å². The molecule has 0 aliphatic carbocycles. The number of ether oxygens (including phenoxy) is 1. The van der Waals surface area contributed by atoms with E-state index in [4.69, 9.17) is 4.74 Å². The number of hydrogen-bond acceptors (Lipinski definition) is 3. The van der Waals surface area contributed by atoms with Crippen LogP contribution in [0.5, 0.6) is 0 Å². The number of nitrogens with zero attached hydrogens (tertiary/aromatic N) is 1. The van der Waals surface area contributed by atoms with Gasteiger partial charge in [-0.2, -0.15) is 0 Å². The van der Waals surface area contributed by atoms with Gasteiger partial charge in [-0.1, -0.05) is 19.1 Å². The fraction of sp³-hybridized carbons (Fsp3) is 0.600. The molecule has 0 saturated carbocycles. The Labute approximate surface area is 110 Å². The van der Waals surface area contributed by atoms with E-state index in [0.29, 0.717) is 5.92 Å². The number of benzene rings is 1. The fourth-order valence-electron chi connectivity index (χ4n) is 2.53. The molecule has 0 aromatic heterocycles. The van der Waals surface area contributed by atoms with Crippen molar-refractivity contribution in [3.05, 3.63) is 29.8 Å². The average molecular weight is 248 g/mol. The van der Waals surface area contributed by atoms with Crippen molar-refractivity contribution in [3.8, 4) is 0 Å². The van der Waals surface area contributed by atoms with Gasteiger partial charge in [0.15, 0.2) is 0 Å². The van der Waals surface area contributed by atoms with Crippen LogP contribution in [0.4, 0.5) is 5.69 Å². The minimum Gasteiger partial charge on any atom is -0.384 e. The zero-order chi connectivity index (χ0) is 12.8. The lowest BCUT2D eigenvalue weighted by Gasteiger charge is -2.19. The second kappa shape index (κ2) is 6.76. The SMILES string of the molecule is CCNCc1ccc(N2CCC(COC)C2)cc1. The summed E-state index contributed by atoms with van der Waals surface area (Å²) in [7, 11) is 1.79. The quantitative estimate of drug-likeness (QED) is 0.836. The third kappa shape index (κ3) is 3.47. The topological polar surface area (TPSA) is 24.5 Å². The van der Waals surface area contributed by atoms with Gasteiger partial charge in [-0.15, -0.1) is 0 Å². The Bertz CT molecular complexity index is 350. The Kier molecular flexibility index (Phi) is 5.02. The molecule has 3 nitrogen and oxygen atoms in total. The highest BCUT2D eigenvalue weighted by molar-refractivity contribution is 5.48. The Hall–Kier alpha value is -1.06. The molecular weight excluding hydrogens is 224 g/mol. The van der Waals surface area contributed by atoms with Crippen LogP contribution < -0.4 is 10.2 Å². The van der Waals surface area contributed by atoms with Gasteiger partial charge in [-0.3, -0.25) is 0 Å². The van der Waals surface area contributed by atoms with E-state index >= 15 is 0 Å². The second-order valence-electron chi connectivity index (χ2n) is 5.00. The molecule has 1 heterocycles. The first-order valence-corrected chi connectivity index (χ1v) is 6.87. The van der Waals surface area contributed by atoms with Gasteiger partial charge in [0.25, 0.3) is 0 Å². The first kappa shape index (κ1) is 13.4. The van der Waals surface area contributed by atoms with Gasteiger partial charge in [-0.05, 0) is 30.7 Å². The lowest BCUT2D eigenvalue weighted by Crippen LogP contribution is -2.21. The van der Waals surface area contributed by atoms with Gasteiger partial charge in [-0.25, -0.2) is 0 Å². The Morgan fingerprint density at radius 2 is 2.11 bits per heavy atom. The maximum Gasteiger partial charge on any atom is 0.0508 e. The molecule has 1 atom stereocenters. The normalized spacial score (nSPS) is 19.4. The first-order chi connectivity index (χ1) is 8.83. The van der Waals surface area contributed by atoms with Crippen molar-refractivity contribution in [1.82, 2.24) is 5.32 Å². The van der Waals surface area contributed by atoms with Gasteiger partial charge < -0.3 is 15.0 Å². The summed E-state index contributed by atoms with van der Waals surface area (Å²) in [5.41, 5.74) is 2.70. The molecule has 0 spiro atoms. The molecule has 0 amide bonds.